The van der Waals surface area contributed by atoms with Crippen LogP contribution in [0.5, 0.6) is 0 Å². The van der Waals surface area contributed by atoms with Gasteiger partial charge in [0.15, 0.2) is 0 Å². The van der Waals surface area contributed by atoms with E-state index in [1.807, 2.05) is 11.7 Å². The summed E-state index contributed by atoms with van der Waals surface area (Å²) in [7, 11) is 2.03. The Balaban J connectivity index is 1.61. The Bertz CT molecular complexity index is 656. The molecular weight excluding hydrogens is 258 g/mol. The van der Waals surface area contributed by atoms with Crippen LogP contribution in [0.15, 0.2) is 24.3 Å². The molecule has 4 rings (SSSR count). The van der Waals surface area contributed by atoms with E-state index in [1.54, 1.807) is 0 Å². The van der Waals surface area contributed by atoms with Gasteiger partial charge in [0.05, 0.1) is 11.2 Å². The van der Waals surface area contributed by atoms with E-state index >= 15 is 0 Å². The van der Waals surface area contributed by atoms with Gasteiger partial charge in [0.25, 0.3) is 0 Å². The first kappa shape index (κ1) is 13.3. The topological polar surface area (TPSA) is 43.8 Å². The molecule has 3 nitrogen and oxygen atoms in total. The summed E-state index contributed by atoms with van der Waals surface area (Å²) < 4.78 is 2.00. The fraction of sp³-hybridized carbons (Fsp3) is 0.611. The van der Waals surface area contributed by atoms with Crippen molar-refractivity contribution in [1.82, 2.24) is 9.78 Å². The van der Waals surface area contributed by atoms with Crippen LogP contribution in [0.1, 0.15) is 44.2 Å². The molecule has 0 spiro atoms. The minimum atomic E-state index is -0.0391. The molecule has 2 aromatic rings. The fourth-order valence-electron chi connectivity index (χ4n) is 4.33. The van der Waals surface area contributed by atoms with Crippen LogP contribution in [0.4, 0.5) is 0 Å². The molecule has 112 valence electrons. The number of fused-ring (bicyclic) bond motifs is 1. The van der Waals surface area contributed by atoms with Gasteiger partial charge in [-0.2, -0.15) is 5.10 Å². The molecule has 2 saturated carbocycles. The Hall–Kier alpha value is -1.35. The molecule has 2 N–H and O–H groups in total. The lowest BCUT2D eigenvalue weighted by Gasteiger charge is -2.38. The van der Waals surface area contributed by atoms with Gasteiger partial charge in [0, 0.05) is 24.4 Å². The third-order valence-electron chi connectivity index (χ3n) is 5.56. The zero-order valence-electron chi connectivity index (χ0n) is 12.9. The molecule has 0 aliphatic heterocycles. The average Bonchev–Trinajstić information content (AvgIpc) is 3.27. The predicted octanol–water partition coefficient (Wildman–Crippen LogP) is 3.41. The molecule has 2 atom stereocenters. The highest BCUT2D eigenvalue weighted by Gasteiger charge is 2.40. The average molecular weight is 283 g/mol. The molecular formula is C18H25N3. The lowest BCUT2D eigenvalue weighted by molar-refractivity contribution is 0.203. The molecule has 1 aromatic carbocycles. The normalized spacial score (nSPS) is 29.9. The number of nitrogens with zero attached hydrogens (tertiary/aromatic N) is 2. The standard InChI is InChI=1S/C18H25N3/c1-21-17-7-3-2-6-15(17)16(20-21)12-18(19)10-4-5-14(11-18)13-8-9-13/h2-3,6-7,13-14H,4-5,8-12,19H2,1H3. The van der Waals surface area contributed by atoms with E-state index in [-0.39, 0.29) is 5.54 Å². The second kappa shape index (κ2) is 4.84. The number of hydrogen-bond acceptors (Lipinski definition) is 2. The van der Waals surface area contributed by atoms with Crippen LogP contribution in [-0.4, -0.2) is 15.3 Å². The van der Waals surface area contributed by atoms with Crippen molar-refractivity contribution in [3.63, 3.8) is 0 Å². The number of aromatic nitrogens is 2. The van der Waals surface area contributed by atoms with Crippen molar-refractivity contribution in [1.29, 1.82) is 0 Å². The number of para-hydroxylation sites is 1. The van der Waals surface area contributed by atoms with Crippen molar-refractivity contribution < 1.29 is 0 Å². The largest absolute Gasteiger partial charge is 0.325 e. The second-order valence-corrected chi connectivity index (χ2v) is 7.32. The highest BCUT2D eigenvalue weighted by atomic mass is 15.3. The van der Waals surface area contributed by atoms with Gasteiger partial charge in [-0.3, -0.25) is 4.68 Å². The van der Waals surface area contributed by atoms with E-state index in [0.29, 0.717) is 0 Å². The van der Waals surface area contributed by atoms with E-state index in [4.69, 9.17) is 10.8 Å². The maximum absolute atomic E-state index is 6.80. The summed E-state index contributed by atoms with van der Waals surface area (Å²) in [6.45, 7) is 0. The van der Waals surface area contributed by atoms with Gasteiger partial charge in [-0.05, 0) is 43.6 Å². The first-order valence-corrected chi connectivity index (χ1v) is 8.34. The Morgan fingerprint density at radius 3 is 2.86 bits per heavy atom. The summed E-state index contributed by atoms with van der Waals surface area (Å²) in [5.41, 5.74) is 9.16. The van der Waals surface area contributed by atoms with Gasteiger partial charge < -0.3 is 5.73 Å². The van der Waals surface area contributed by atoms with Crippen LogP contribution in [0.3, 0.4) is 0 Å². The van der Waals surface area contributed by atoms with Crippen molar-refractivity contribution in [3.8, 4) is 0 Å². The maximum atomic E-state index is 6.80. The Kier molecular flexibility index (Phi) is 3.07. The predicted molar refractivity (Wildman–Crippen MR) is 86.0 cm³/mol. The first-order chi connectivity index (χ1) is 10.1. The quantitative estimate of drug-likeness (QED) is 0.938. The molecule has 21 heavy (non-hydrogen) atoms. The summed E-state index contributed by atoms with van der Waals surface area (Å²) in [4.78, 5) is 0. The first-order valence-electron chi connectivity index (χ1n) is 8.34. The van der Waals surface area contributed by atoms with Crippen LogP contribution in [0.2, 0.25) is 0 Å². The van der Waals surface area contributed by atoms with Gasteiger partial charge >= 0.3 is 0 Å². The minimum absolute atomic E-state index is 0.0391. The Morgan fingerprint density at radius 2 is 2.05 bits per heavy atom. The van der Waals surface area contributed by atoms with Crippen molar-refractivity contribution in [2.24, 2.45) is 24.6 Å². The van der Waals surface area contributed by atoms with Gasteiger partial charge in [-0.1, -0.05) is 31.0 Å². The minimum Gasteiger partial charge on any atom is -0.325 e. The molecule has 0 amide bonds. The van der Waals surface area contributed by atoms with Gasteiger partial charge in [0.2, 0.25) is 0 Å². The maximum Gasteiger partial charge on any atom is 0.0721 e. The lowest BCUT2D eigenvalue weighted by atomic mass is 9.72. The Labute approximate surface area is 126 Å². The number of benzene rings is 1. The summed E-state index contributed by atoms with van der Waals surface area (Å²) in [6, 6.07) is 8.51. The van der Waals surface area contributed by atoms with Gasteiger partial charge in [-0.15, -0.1) is 0 Å². The zero-order chi connectivity index (χ0) is 14.4. The molecule has 1 aromatic heterocycles. The molecule has 1 heterocycles. The van der Waals surface area contributed by atoms with Gasteiger partial charge in [-0.25, -0.2) is 0 Å². The molecule has 3 heteroatoms. The van der Waals surface area contributed by atoms with Crippen LogP contribution in [0, 0.1) is 11.8 Å². The molecule has 2 unspecified atom stereocenters. The van der Waals surface area contributed by atoms with Gasteiger partial charge in [0.1, 0.15) is 0 Å². The number of rotatable bonds is 3. The van der Waals surface area contributed by atoms with Crippen molar-refractivity contribution in [3.05, 3.63) is 30.0 Å². The van der Waals surface area contributed by atoms with Crippen LogP contribution in [-0.2, 0) is 13.5 Å². The summed E-state index contributed by atoms with van der Waals surface area (Å²) in [6.07, 6.45) is 8.84. The van der Waals surface area contributed by atoms with Crippen molar-refractivity contribution >= 4 is 10.9 Å². The molecule has 0 saturated heterocycles. The summed E-state index contributed by atoms with van der Waals surface area (Å²) >= 11 is 0. The lowest BCUT2D eigenvalue weighted by Crippen LogP contribution is -2.46. The fourth-order valence-corrected chi connectivity index (χ4v) is 4.33. The highest BCUT2D eigenvalue weighted by Crippen LogP contribution is 2.46. The van der Waals surface area contributed by atoms with Crippen molar-refractivity contribution in [2.45, 2.75) is 50.5 Å². The number of hydrogen-bond donors (Lipinski definition) is 1. The smallest absolute Gasteiger partial charge is 0.0721 e. The van der Waals surface area contributed by atoms with E-state index < -0.39 is 0 Å². The third kappa shape index (κ3) is 2.48. The summed E-state index contributed by atoms with van der Waals surface area (Å²) in [5.74, 6) is 1.85. The van der Waals surface area contributed by atoms with E-state index in [0.717, 1.165) is 24.7 Å². The third-order valence-corrected chi connectivity index (χ3v) is 5.56. The molecule has 2 aliphatic rings. The zero-order valence-corrected chi connectivity index (χ0v) is 12.9. The monoisotopic (exact) mass is 283 g/mol. The second-order valence-electron chi connectivity index (χ2n) is 7.32. The van der Waals surface area contributed by atoms with Crippen molar-refractivity contribution in [2.75, 3.05) is 0 Å². The SMILES string of the molecule is Cn1nc(CC2(N)CCCC(C3CC3)C2)c2ccccc21. The number of nitrogens with two attached hydrogens (primary N) is 1. The highest BCUT2D eigenvalue weighted by molar-refractivity contribution is 5.81. The van der Waals surface area contributed by atoms with Crippen LogP contribution >= 0.6 is 0 Å². The molecule has 0 bridgehead atoms. The number of aryl methyl sites for hydroxylation is 1. The van der Waals surface area contributed by atoms with Crippen LogP contribution < -0.4 is 5.73 Å². The van der Waals surface area contributed by atoms with E-state index in [2.05, 4.69) is 24.3 Å². The van der Waals surface area contributed by atoms with E-state index in [9.17, 15) is 0 Å². The summed E-state index contributed by atoms with van der Waals surface area (Å²) in [5, 5.41) is 6.03. The Morgan fingerprint density at radius 1 is 1.24 bits per heavy atom. The molecule has 2 aliphatic carbocycles. The molecule has 2 fully saturated rings. The van der Waals surface area contributed by atoms with E-state index in [1.165, 1.54) is 48.7 Å². The van der Waals surface area contributed by atoms with Crippen LogP contribution in [0.25, 0.3) is 10.9 Å². The molecule has 0 radical (unpaired) electrons.